The summed E-state index contributed by atoms with van der Waals surface area (Å²) in [6.07, 6.45) is 36.0. The maximum Gasteiger partial charge on any atom is 0.164 e. The molecule has 0 N–H and O–H groups in total. The SMILES string of the molecule is CCCCCCCCCCCCCCCc1ccc([C@H](C)CCCCCCCCCCCCCc2cccc(OC)c2OC)c(OC)c1OC. The van der Waals surface area contributed by atoms with E-state index in [1.165, 1.54) is 177 Å². The van der Waals surface area contributed by atoms with Gasteiger partial charge in [0.25, 0.3) is 0 Å². The average Bonchev–Trinajstić information content (AvgIpc) is 3.14. The minimum Gasteiger partial charge on any atom is -0.493 e. The van der Waals surface area contributed by atoms with Crippen LogP contribution >= 0.6 is 0 Å². The summed E-state index contributed by atoms with van der Waals surface area (Å²) in [7, 11) is 7.05. The zero-order valence-electron chi connectivity index (χ0n) is 33.7. The first-order valence-electron chi connectivity index (χ1n) is 21.0. The van der Waals surface area contributed by atoms with Crippen LogP contribution in [0.4, 0.5) is 0 Å². The Kier molecular flexibility index (Phi) is 25.6. The lowest BCUT2D eigenvalue weighted by Crippen LogP contribution is -2.03. The number of para-hydroxylation sites is 1. The van der Waals surface area contributed by atoms with Gasteiger partial charge in [-0.2, -0.15) is 0 Å². The molecule has 50 heavy (non-hydrogen) atoms. The molecule has 0 saturated carbocycles. The highest BCUT2D eigenvalue weighted by atomic mass is 16.5. The van der Waals surface area contributed by atoms with Gasteiger partial charge in [0.15, 0.2) is 23.0 Å². The third-order valence-corrected chi connectivity index (χ3v) is 10.8. The molecule has 0 amide bonds. The van der Waals surface area contributed by atoms with Gasteiger partial charge in [-0.25, -0.2) is 0 Å². The van der Waals surface area contributed by atoms with Crippen molar-refractivity contribution >= 4 is 0 Å². The van der Waals surface area contributed by atoms with Crippen LogP contribution in [-0.4, -0.2) is 28.4 Å². The van der Waals surface area contributed by atoms with E-state index in [0.29, 0.717) is 5.92 Å². The van der Waals surface area contributed by atoms with Gasteiger partial charge in [0.2, 0.25) is 0 Å². The van der Waals surface area contributed by atoms with Crippen molar-refractivity contribution in [2.24, 2.45) is 0 Å². The normalized spacial score (nSPS) is 11.9. The van der Waals surface area contributed by atoms with Crippen LogP contribution in [0.5, 0.6) is 23.0 Å². The summed E-state index contributed by atoms with van der Waals surface area (Å²) in [5.41, 5.74) is 3.87. The number of hydrogen-bond donors (Lipinski definition) is 0. The van der Waals surface area contributed by atoms with E-state index in [-0.39, 0.29) is 0 Å². The van der Waals surface area contributed by atoms with Crippen molar-refractivity contribution in [3.8, 4) is 23.0 Å². The smallest absolute Gasteiger partial charge is 0.164 e. The van der Waals surface area contributed by atoms with Gasteiger partial charge in [0.05, 0.1) is 28.4 Å². The van der Waals surface area contributed by atoms with Gasteiger partial charge in [-0.1, -0.05) is 179 Å². The van der Waals surface area contributed by atoms with E-state index >= 15 is 0 Å². The molecular formula is C46H78O4. The Balaban J connectivity index is 1.53. The fraction of sp³-hybridized carbons (Fsp3) is 0.739. The van der Waals surface area contributed by atoms with E-state index in [0.717, 1.165) is 35.8 Å². The van der Waals surface area contributed by atoms with Gasteiger partial charge in [-0.05, 0) is 55.2 Å². The topological polar surface area (TPSA) is 36.9 Å². The zero-order valence-corrected chi connectivity index (χ0v) is 33.7. The quantitative estimate of drug-likeness (QED) is 0.0697. The number of unbranched alkanes of at least 4 members (excludes halogenated alkanes) is 22. The second-order valence-electron chi connectivity index (χ2n) is 14.9. The predicted molar refractivity (Wildman–Crippen MR) is 216 cm³/mol. The van der Waals surface area contributed by atoms with E-state index in [1.807, 2.05) is 13.2 Å². The van der Waals surface area contributed by atoms with E-state index in [2.05, 4.69) is 38.1 Å². The third kappa shape index (κ3) is 17.7. The second kappa shape index (κ2) is 29.2. The molecule has 0 saturated heterocycles. The van der Waals surface area contributed by atoms with E-state index in [1.54, 1.807) is 21.3 Å². The molecule has 0 aliphatic rings. The van der Waals surface area contributed by atoms with Crippen molar-refractivity contribution in [2.45, 2.75) is 193 Å². The van der Waals surface area contributed by atoms with Crippen molar-refractivity contribution in [3.63, 3.8) is 0 Å². The maximum absolute atomic E-state index is 5.96. The summed E-state index contributed by atoms with van der Waals surface area (Å²) in [6.45, 7) is 4.65. The Bertz CT molecular complexity index is 1100. The first-order chi connectivity index (χ1) is 24.6. The number of ether oxygens (including phenoxy) is 4. The van der Waals surface area contributed by atoms with Crippen molar-refractivity contribution < 1.29 is 18.9 Å². The first-order valence-corrected chi connectivity index (χ1v) is 21.0. The molecule has 4 heteroatoms. The fourth-order valence-electron chi connectivity index (χ4n) is 7.63. The highest BCUT2D eigenvalue weighted by Crippen LogP contribution is 2.40. The predicted octanol–water partition coefficient (Wildman–Crippen LogP) is 14.4. The summed E-state index contributed by atoms with van der Waals surface area (Å²) in [6, 6.07) is 10.8. The molecule has 0 aliphatic heterocycles. The number of rotatable bonds is 33. The molecular weight excluding hydrogens is 617 g/mol. The summed E-state index contributed by atoms with van der Waals surface area (Å²) >= 11 is 0. The van der Waals surface area contributed by atoms with Gasteiger partial charge < -0.3 is 18.9 Å². The average molecular weight is 695 g/mol. The van der Waals surface area contributed by atoms with Gasteiger partial charge in [0.1, 0.15) is 0 Å². The number of hydrogen-bond acceptors (Lipinski definition) is 4. The molecule has 0 aliphatic carbocycles. The van der Waals surface area contributed by atoms with Gasteiger partial charge >= 0.3 is 0 Å². The molecule has 0 bridgehead atoms. The molecule has 0 spiro atoms. The van der Waals surface area contributed by atoms with Crippen LogP contribution in [0.15, 0.2) is 30.3 Å². The van der Waals surface area contributed by atoms with E-state index in [4.69, 9.17) is 18.9 Å². The van der Waals surface area contributed by atoms with Gasteiger partial charge in [0, 0.05) is 5.56 Å². The molecule has 2 aromatic carbocycles. The minimum absolute atomic E-state index is 0.481. The summed E-state index contributed by atoms with van der Waals surface area (Å²) in [5.74, 6) is 4.14. The Morgan fingerprint density at radius 2 is 0.840 bits per heavy atom. The van der Waals surface area contributed by atoms with Crippen LogP contribution in [0.1, 0.15) is 197 Å². The van der Waals surface area contributed by atoms with Crippen molar-refractivity contribution in [1.29, 1.82) is 0 Å². The Labute approximate surface area is 309 Å². The van der Waals surface area contributed by atoms with Crippen molar-refractivity contribution in [1.82, 2.24) is 0 Å². The summed E-state index contributed by atoms with van der Waals surface area (Å²) in [5, 5.41) is 0. The van der Waals surface area contributed by atoms with Crippen LogP contribution in [-0.2, 0) is 12.8 Å². The lowest BCUT2D eigenvalue weighted by molar-refractivity contribution is 0.345. The minimum atomic E-state index is 0.481. The molecule has 0 heterocycles. The summed E-state index contributed by atoms with van der Waals surface area (Å²) in [4.78, 5) is 0. The van der Waals surface area contributed by atoms with Crippen LogP contribution in [0.3, 0.4) is 0 Å². The number of methoxy groups -OCH3 is 4. The van der Waals surface area contributed by atoms with E-state index in [9.17, 15) is 0 Å². The maximum atomic E-state index is 5.96. The second-order valence-corrected chi connectivity index (χ2v) is 14.9. The van der Waals surface area contributed by atoms with Crippen LogP contribution in [0.2, 0.25) is 0 Å². The first kappa shape index (κ1) is 43.8. The third-order valence-electron chi connectivity index (χ3n) is 10.8. The molecule has 2 aromatic rings. The Morgan fingerprint density at radius 1 is 0.420 bits per heavy atom. The van der Waals surface area contributed by atoms with Crippen LogP contribution < -0.4 is 18.9 Å². The molecule has 4 nitrogen and oxygen atoms in total. The van der Waals surface area contributed by atoms with Crippen LogP contribution in [0.25, 0.3) is 0 Å². The monoisotopic (exact) mass is 695 g/mol. The molecule has 1 atom stereocenters. The Hall–Kier alpha value is -2.36. The van der Waals surface area contributed by atoms with E-state index < -0.39 is 0 Å². The Morgan fingerprint density at radius 3 is 1.28 bits per heavy atom. The fourth-order valence-corrected chi connectivity index (χ4v) is 7.63. The lowest BCUT2D eigenvalue weighted by atomic mass is 9.91. The highest BCUT2D eigenvalue weighted by Gasteiger charge is 2.19. The lowest BCUT2D eigenvalue weighted by Gasteiger charge is -2.20. The molecule has 286 valence electrons. The summed E-state index contributed by atoms with van der Waals surface area (Å²) < 4.78 is 22.9. The number of aryl methyl sites for hydroxylation is 2. The molecule has 0 aromatic heterocycles. The highest BCUT2D eigenvalue weighted by molar-refractivity contribution is 5.53. The molecule has 2 rings (SSSR count). The zero-order chi connectivity index (χ0) is 36.1. The largest absolute Gasteiger partial charge is 0.493 e. The van der Waals surface area contributed by atoms with Gasteiger partial charge in [-0.3, -0.25) is 0 Å². The molecule has 0 radical (unpaired) electrons. The molecule has 0 fully saturated rings. The van der Waals surface area contributed by atoms with Crippen LogP contribution in [0, 0.1) is 0 Å². The number of benzene rings is 2. The van der Waals surface area contributed by atoms with Gasteiger partial charge in [-0.15, -0.1) is 0 Å². The molecule has 0 unspecified atom stereocenters. The van der Waals surface area contributed by atoms with Crippen molar-refractivity contribution in [2.75, 3.05) is 28.4 Å². The standard InChI is InChI=1S/C46H78O4/c1-7-8-9-10-11-12-13-14-17-21-24-27-30-34-41-37-38-42(46(50-6)45(41)49-5)39(2)32-28-25-22-19-16-15-18-20-23-26-29-33-40-35-31-36-43(47-3)44(40)48-4/h31,35-39H,7-30,32-34H2,1-6H3/t39-/m1/s1. The van der Waals surface area contributed by atoms with Crippen molar-refractivity contribution in [3.05, 3.63) is 47.0 Å².